The number of Topliss-reactive ketones (excluding diaryl/α,β-unsaturated/α-hetero) is 1. The smallest absolute Gasteiger partial charge is 0.466 e. The molecule has 1 aromatic rings. The zero-order valence-corrected chi connectivity index (χ0v) is 14.4. The number of nitro groups is 1. The number of carbonyl (C=O) groups is 1. The Morgan fingerprint density at radius 3 is 2.67 bits per heavy atom. The molecule has 0 amide bonds. The molecule has 1 unspecified atom stereocenters. The van der Waals surface area contributed by atoms with Gasteiger partial charge in [0.2, 0.25) is 4.88 Å². The molecule has 1 aromatic heterocycles. The van der Waals surface area contributed by atoms with Crippen LogP contribution in [0.3, 0.4) is 0 Å². The Hall–Kier alpha value is -2.26. The van der Waals surface area contributed by atoms with Crippen molar-refractivity contribution in [2.24, 2.45) is 0 Å². The van der Waals surface area contributed by atoms with Gasteiger partial charge in [-0.2, -0.15) is 0 Å². The molecule has 24 heavy (non-hydrogen) atoms. The summed E-state index contributed by atoms with van der Waals surface area (Å²) in [4.78, 5) is 22.2. The third kappa shape index (κ3) is 2.92. The number of thiophene rings is 1. The number of allylic oxidation sites excluding steroid dienone is 1. The molecule has 1 aliphatic rings. The molecule has 2 heterocycles. The number of fused-ring (bicyclic) bond motifs is 1. The van der Waals surface area contributed by atoms with E-state index in [9.17, 15) is 24.6 Å². The van der Waals surface area contributed by atoms with Crippen molar-refractivity contribution >= 4 is 32.8 Å². The van der Waals surface area contributed by atoms with Gasteiger partial charge in [-0.15, -0.1) is 0 Å². The molecule has 0 aromatic carbocycles. The van der Waals surface area contributed by atoms with Crippen LogP contribution in [0, 0.1) is 15.5 Å². The van der Waals surface area contributed by atoms with Gasteiger partial charge in [-0.3, -0.25) is 20.3 Å². The first kappa shape index (κ1) is 18.1. The molecular weight excluding hydrogens is 336 g/mol. The maximum absolute atomic E-state index is 12.4. The van der Waals surface area contributed by atoms with Gasteiger partial charge in [0.25, 0.3) is 0 Å². The molecule has 0 radical (unpaired) electrons. The van der Waals surface area contributed by atoms with Gasteiger partial charge in [-0.1, -0.05) is 13.3 Å². The minimum atomic E-state index is -2.23. The Morgan fingerprint density at radius 1 is 1.50 bits per heavy atom. The SMILES string of the molecule is CCCCC(=O)C(=N)C1=C(O)C(C)(C)Oc2cc([N+](=O)[O-])[s+]([O-])c21. The number of hydrogen-bond acceptors (Lipinski definition) is 7. The lowest BCUT2D eigenvalue weighted by atomic mass is 9.92. The number of aliphatic hydroxyl groups excluding tert-OH is 1. The van der Waals surface area contributed by atoms with Gasteiger partial charge in [0.15, 0.2) is 22.9 Å². The van der Waals surface area contributed by atoms with Crippen LogP contribution in [0.4, 0.5) is 5.00 Å². The fourth-order valence-electron chi connectivity index (χ4n) is 2.40. The summed E-state index contributed by atoms with van der Waals surface area (Å²) in [5.41, 5.74) is -2.02. The fraction of sp³-hybridized carbons (Fsp3) is 0.467. The summed E-state index contributed by atoms with van der Waals surface area (Å²) < 4.78 is 17.9. The minimum absolute atomic E-state index is 0.0501. The van der Waals surface area contributed by atoms with Crippen LogP contribution in [0.15, 0.2) is 11.8 Å². The minimum Gasteiger partial charge on any atom is -0.585 e. The molecule has 8 nitrogen and oxygen atoms in total. The van der Waals surface area contributed by atoms with Crippen molar-refractivity contribution in [3.63, 3.8) is 0 Å². The summed E-state index contributed by atoms with van der Waals surface area (Å²) in [5, 5.41) is 28.9. The molecule has 0 bridgehead atoms. The monoisotopic (exact) mass is 354 g/mol. The Bertz CT molecular complexity index is 762. The number of unbranched alkanes of at least 4 members (excludes halogenated alkanes) is 1. The Kier molecular flexibility index (Phi) is 4.77. The standard InChI is InChI=1S/C15H18N2O6S/c1-4-5-6-8(18)12(16)11-13-9(23-15(2,3)14(11)19)7-10(17(20)21)24(13)22/h7,16,19H,4-6H2,1-3H3. The number of ketones is 1. The van der Waals surface area contributed by atoms with E-state index in [0.717, 1.165) is 12.5 Å². The molecule has 2 rings (SSSR count). The van der Waals surface area contributed by atoms with Gasteiger partial charge in [-0.25, -0.2) is 0 Å². The zero-order chi connectivity index (χ0) is 18.2. The van der Waals surface area contributed by atoms with Gasteiger partial charge >= 0.3 is 5.00 Å². The number of hydrogen-bond donors (Lipinski definition) is 2. The van der Waals surface area contributed by atoms with Crippen molar-refractivity contribution in [3.05, 3.63) is 26.8 Å². The maximum atomic E-state index is 12.4. The molecule has 2 N–H and O–H groups in total. The number of nitrogens with zero attached hydrogens (tertiary/aromatic N) is 1. The highest BCUT2D eigenvalue weighted by Crippen LogP contribution is 2.51. The van der Waals surface area contributed by atoms with Crippen molar-refractivity contribution < 1.29 is 24.1 Å². The molecule has 1 atom stereocenters. The highest BCUT2D eigenvalue weighted by atomic mass is 32.2. The van der Waals surface area contributed by atoms with Crippen LogP contribution in [0.1, 0.15) is 44.9 Å². The quantitative estimate of drug-likeness (QED) is 0.347. The average Bonchev–Trinajstić information content (AvgIpc) is 2.81. The van der Waals surface area contributed by atoms with Crippen molar-refractivity contribution in [1.29, 1.82) is 5.41 Å². The normalized spacial score (nSPS) is 16.4. The van der Waals surface area contributed by atoms with Crippen molar-refractivity contribution in [3.8, 4) is 5.75 Å². The highest BCUT2D eigenvalue weighted by Gasteiger charge is 2.46. The summed E-state index contributed by atoms with van der Waals surface area (Å²) in [7, 11) is -2.23. The first-order chi connectivity index (χ1) is 11.1. The second-order valence-corrected chi connectivity index (χ2v) is 7.30. The topological polar surface area (TPSA) is 137 Å². The maximum Gasteiger partial charge on any atom is 0.466 e. The van der Waals surface area contributed by atoms with E-state index in [4.69, 9.17) is 10.1 Å². The first-order valence-electron chi connectivity index (χ1n) is 7.39. The molecule has 9 heteroatoms. The fourth-order valence-corrected chi connectivity index (χ4v) is 3.63. The van der Waals surface area contributed by atoms with Crippen molar-refractivity contribution in [2.75, 3.05) is 0 Å². The molecule has 1 aliphatic heterocycles. The van der Waals surface area contributed by atoms with Crippen molar-refractivity contribution in [2.45, 2.75) is 45.6 Å². The summed E-state index contributed by atoms with van der Waals surface area (Å²) in [6.45, 7) is 4.89. The number of rotatable bonds is 6. The number of ether oxygens (including phenoxy) is 1. The zero-order valence-electron chi connectivity index (χ0n) is 13.5. The van der Waals surface area contributed by atoms with E-state index in [1.165, 1.54) is 13.8 Å². The van der Waals surface area contributed by atoms with E-state index in [1.54, 1.807) is 0 Å². The predicted octanol–water partition coefficient (Wildman–Crippen LogP) is 3.54. The van der Waals surface area contributed by atoms with Gasteiger partial charge < -0.3 is 14.4 Å². The summed E-state index contributed by atoms with van der Waals surface area (Å²) in [6.07, 6.45) is 1.44. The molecule has 0 fully saturated rings. The van der Waals surface area contributed by atoms with Gasteiger partial charge in [-0.05, 0) is 20.3 Å². The van der Waals surface area contributed by atoms with E-state index in [-0.39, 0.29) is 22.6 Å². The Labute approximate surface area is 141 Å². The van der Waals surface area contributed by atoms with Crippen LogP contribution < -0.4 is 4.74 Å². The van der Waals surface area contributed by atoms with Gasteiger partial charge in [0, 0.05) is 17.2 Å². The molecule has 0 saturated heterocycles. The average molecular weight is 354 g/mol. The molecule has 0 saturated carbocycles. The van der Waals surface area contributed by atoms with Crippen LogP contribution in [-0.2, 0) is 4.79 Å². The second kappa shape index (κ2) is 6.33. The van der Waals surface area contributed by atoms with E-state index in [2.05, 4.69) is 0 Å². The Morgan fingerprint density at radius 2 is 2.12 bits per heavy atom. The summed E-state index contributed by atoms with van der Waals surface area (Å²) >= 11 is 0. The number of nitrogens with one attached hydrogen (secondary N) is 1. The lowest BCUT2D eigenvalue weighted by molar-refractivity contribution is -0.380. The lowest BCUT2D eigenvalue weighted by Crippen LogP contribution is -2.36. The third-order valence-corrected chi connectivity index (χ3v) is 5.14. The summed E-state index contributed by atoms with van der Waals surface area (Å²) in [6, 6.07) is 1.02. The molecule has 130 valence electrons. The van der Waals surface area contributed by atoms with Crippen LogP contribution in [0.2, 0.25) is 0 Å². The summed E-state index contributed by atoms with van der Waals surface area (Å²) in [5.74, 6) is -0.997. The van der Waals surface area contributed by atoms with E-state index >= 15 is 0 Å². The molecular formula is C15H18N2O6S. The van der Waals surface area contributed by atoms with Crippen molar-refractivity contribution in [1.82, 2.24) is 0 Å². The van der Waals surface area contributed by atoms with Crippen LogP contribution in [-0.4, -0.2) is 31.7 Å². The first-order valence-corrected chi connectivity index (χ1v) is 8.54. The third-order valence-electron chi connectivity index (χ3n) is 3.72. The van der Waals surface area contributed by atoms with Crippen LogP contribution >= 0.6 is 10.8 Å². The van der Waals surface area contributed by atoms with E-state index < -0.39 is 43.5 Å². The van der Waals surface area contributed by atoms with E-state index in [1.807, 2.05) is 6.92 Å². The second-order valence-electron chi connectivity index (χ2n) is 5.94. The largest absolute Gasteiger partial charge is 0.585 e. The lowest BCUT2D eigenvalue weighted by Gasteiger charge is -2.30. The van der Waals surface area contributed by atoms with E-state index in [0.29, 0.717) is 6.42 Å². The van der Waals surface area contributed by atoms with Gasteiger partial charge in [0.05, 0.1) is 0 Å². The van der Waals surface area contributed by atoms with Gasteiger partial charge in [0.1, 0.15) is 22.3 Å². The predicted molar refractivity (Wildman–Crippen MR) is 88.3 cm³/mol. The highest BCUT2D eigenvalue weighted by molar-refractivity contribution is 7.30. The van der Waals surface area contributed by atoms with Crippen LogP contribution in [0.5, 0.6) is 5.75 Å². The Balaban J connectivity index is 2.62. The number of carbonyl (C=O) groups excluding carboxylic acids is 1. The van der Waals surface area contributed by atoms with Crippen LogP contribution in [0.25, 0.3) is 5.57 Å². The number of aliphatic hydroxyl groups is 1. The molecule has 0 aliphatic carbocycles. The molecule has 0 spiro atoms.